The summed E-state index contributed by atoms with van der Waals surface area (Å²) in [4.78, 5) is 30.5. The van der Waals surface area contributed by atoms with Crippen LogP contribution in [0.1, 0.15) is 59.9 Å². The Hall–Kier alpha value is -1.82. The van der Waals surface area contributed by atoms with Gasteiger partial charge in [0.25, 0.3) is 5.56 Å². The van der Waals surface area contributed by atoms with Gasteiger partial charge < -0.3 is 5.32 Å². The van der Waals surface area contributed by atoms with Crippen LogP contribution >= 0.6 is 11.8 Å². The average molecular weight is 402 g/mol. The molecule has 0 saturated heterocycles. The number of carbonyl (C=O) groups is 1. The molecule has 1 saturated carbocycles. The molecule has 0 spiro atoms. The summed E-state index contributed by atoms with van der Waals surface area (Å²) in [5.41, 5.74) is 0.427. The predicted molar refractivity (Wildman–Crippen MR) is 116 cm³/mol. The van der Waals surface area contributed by atoms with Crippen molar-refractivity contribution < 1.29 is 4.79 Å². The number of fused-ring (bicyclic) bond motifs is 1. The molecule has 5 nitrogen and oxygen atoms in total. The van der Waals surface area contributed by atoms with Crippen LogP contribution in [0.3, 0.4) is 0 Å². The van der Waals surface area contributed by atoms with E-state index in [2.05, 4.69) is 19.2 Å². The maximum Gasteiger partial charge on any atom is 0.262 e. The number of benzene rings is 1. The second-order valence-corrected chi connectivity index (χ2v) is 9.95. The average Bonchev–Trinajstić information content (AvgIpc) is 2.62. The van der Waals surface area contributed by atoms with E-state index in [0.29, 0.717) is 27.9 Å². The van der Waals surface area contributed by atoms with E-state index in [0.717, 1.165) is 12.8 Å². The lowest BCUT2D eigenvalue weighted by molar-refractivity contribution is -0.119. The monoisotopic (exact) mass is 401 g/mol. The second kappa shape index (κ2) is 8.27. The molecule has 0 aliphatic heterocycles. The summed E-state index contributed by atoms with van der Waals surface area (Å²) in [5.74, 6) is 1.17. The van der Waals surface area contributed by atoms with Crippen molar-refractivity contribution in [2.45, 2.75) is 70.6 Å². The minimum absolute atomic E-state index is 0.00952. The highest BCUT2D eigenvalue weighted by molar-refractivity contribution is 7.99. The van der Waals surface area contributed by atoms with Gasteiger partial charge >= 0.3 is 0 Å². The van der Waals surface area contributed by atoms with Gasteiger partial charge in [0.1, 0.15) is 0 Å². The van der Waals surface area contributed by atoms with E-state index < -0.39 is 0 Å². The van der Waals surface area contributed by atoms with E-state index in [9.17, 15) is 9.59 Å². The molecule has 1 aromatic carbocycles. The molecule has 1 heterocycles. The van der Waals surface area contributed by atoms with Crippen LogP contribution in [0.2, 0.25) is 0 Å². The molecule has 3 atom stereocenters. The first-order valence-electron chi connectivity index (χ1n) is 10.1. The predicted octanol–water partition coefficient (Wildman–Crippen LogP) is 4.40. The summed E-state index contributed by atoms with van der Waals surface area (Å²) in [5, 5.41) is 4.28. The molecule has 1 amide bonds. The minimum atomic E-state index is -0.276. The fraction of sp³-hybridized carbons (Fsp3) is 0.591. The van der Waals surface area contributed by atoms with Gasteiger partial charge in [0, 0.05) is 11.6 Å². The highest BCUT2D eigenvalue weighted by atomic mass is 32.2. The van der Waals surface area contributed by atoms with Crippen LogP contribution in [0.15, 0.2) is 34.2 Å². The zero-order valence-corrected chi connectivity index (χ0v) is 18.3. The Balaban J connectivity index is 2.00. The maximum absolute atomic E-state index is 13.4. The molecular weight excluding hydrogens is 370 g/mol. The van der Waals surface area contributed by atoms with E-state index in [1.807, 2.05) is 49.6 Å². The highest BCUT2D eigenvalue weighted by Crippen LogP contribution is 2.38. The Bertz CT molecular complexity index is 916. The van der Waals surface area contributed by atoms with Crippen molar-refractivity contribution in [1.29, 1.82) is 0 Å². The number of nitrogens with one attached hydrogen (secondary N) is 1. The van der Waals surface area contributed by atoms with E-state index >= 15 is 0 Å². The lowest BCUT2D eigenvalue weighted by Gasteiger charge is -2.36. The lowest BCUT2D eigenvalue weighted by Crippen LogP contribution is -2.41. The molecule has 0 bridgehead atoms. The zero-order chi connectivity index (χ0) is 20.5. The number of amides is 1. The maximum atomic E-state index is 13.4. The van der Waals surface area contributed by atoms with Gasteiger partial charge in [-0.2, -0.15) is 0 Å². The molecule has 1 fully saturated rings. The third kappa shape index (κ3) is 4.59. The number of hydrogen-bond acceptors (Lipinski definition) is 4. The fourth-order valence-electron chi connectivity index (χ4n) is 4.02. The Labute approximate surface area is 171 Å². The first-order chi connectivity index (χ1) is 13.2. The molecular formula is C22H31N3O2S. The largest absolute Gasteiger partial charge is 0.351 e. The van der Waals surface area contributed by atoms with Crippen LogP contribution in [0.5, 0.6) is 0 Å². The topological polar surface area (TPSA) is 64.0 Å². The number of rotatable bonds is 4. The molecule has 1 aromatic heterocycles. The number of nitrogens with zero attached hydrogens (tertiary/aromatic N) is 2. The van der Waals surface area contributed by atoms with Crippen molar-refractivity contribution in [3.63, 3.8) is 0 Å². The summed E-state index contributed by atoms with van der Waals surface area (Å²) in [6.45, 7) is 10.4. The Morgan fingerprint density at radius 3 is 2.68 bits per heavy atom. The number of thioether (sulfide) groups is 1. The Kier molecular flexibility index (Phi) is 6.18. The molecule has 28 heavy (non-hydrogen) atoms. The lowest BCUT2D eigenvalue weighted by atomic mass is 9.78. The van der Waals surface area contributed by atoms with E-state index in [4.69, 9.17) is 4.98 Å². The summed E-state index contributed by atoms with van der Waals surface area (Å²) in [7, 11) is 0. The quantitative estimate of drug-likeness (QED) is 0.609. The summed E-state index contributed by atoms with van der Waals surface area (Å²) < 4.78 is 1.87. The normalized spacial score (nSPS) is 23.0. The van der Waals surface area contributed by atoms with Gasteiger partial charge in [-0.05, 0) is 51.2 Å². The number of aromatic nitrogens is 2. The van der Waals surface area contributed by atoms with Crippen LogP contribution in [0.4, 0.5) is 0 Å². The number of carbonyl (C=O) groups excluding carboxylic acids is 1. The second-order valence-electron chi connectivity index (χ2n) is 9.01. The van der Waals surface area contributed by atoms with Crippen molar-refractivity contribution in [3.05, 3.63) is 34.6 Å². The third-order valence-electron chi connectivity index (χ3n) is 5.62. The van der Waals surface area contributed by atoms with Gasteiger partial charge in [0.05, 0.1) is 16.7 Å². The SMILES string of the molecule is C[C@@H]1[C@@H](C)CCC[C@@H]1n1c(SCC(=O)NC(C)(C)C)nc2ccccc2c1=O. The third-order valence-corrected chi connectivity index (χ3v) is 6.57. The van der Waals surface area contributed by atoms with Crippen molar-refractivity contribution in [2.24, 2.45) is 11.8 Å². The summed E-state index contributed by atoms with van der Waals surface area (Å²) in [6.07, 6.45) is 3.29. The molecule has 6 heteroatoms. The molecule has 152 valence electrons. The molecule has 0 unspecified atom stereocenters. The summed E-state index contributed by atoms with van der Waals surface area (Å²) in [6, 6.07) is 7.62. The van der Waals surface area contributed by atoms with Crippen LogP contribution in [0, 0.1) is 11.8 Å². The highest BCUT2D eigenvalue weighted by Gasteiger charge is 2.31. The van der Waals surface area contributed by atoms with Crippen molar-refractivity contribution in [2.75, 3.05) is 5.75 Å². The van der Waals surface area contributed by atoms with E-state index in [-0.39, 0.29) is 28.8 Å². The smallest absolute Gasteiger partial charge is 0.262 e. The minimum Gasteiger partial charge on any atom is -0.351 e. The van der Waals surface area contributed by atoms with Crippen LogP contribution < -0.4 is 10.9 Å². The summed E-state index contributed by atoms with van der Waals surface area (Å²) >= 11 is 1.36. The van der Waals surface area contributed by atoms with Crippen molar-refractivity contribution in [3.8, 4) is 0 Å². The first-order valence-corrected chi connectivity index (χ1v) is 11.1. The van der Waals surface area contributed by atoms with E-state index in [1.54, 1.807) is 0 Å². The fourth-order valence-corrected chi connectivity index (χ4v) is 4.88. The zero-order valence-electron chi connectivity index (χ0n) is 17.5. The van der Waals surface area contributed by atoms with E-state index in [1.165, 1.54) is 18.2 Å². The van der Waals surface area contributed by atoms with Gasteiger partial charge in [0.2, 0.25) is 5.91 Å². The van der Waals surface area contributed by atoms with Gasteiger partial charge in [-0.25, -0.2) is 4.98 Å². The Morgan fingerprint density at radius 2 is 1.96 bits per heavy atom. The van der Waals surface area contributed by atoms with Gasteiger partial charge in [-0.3, -0.25) is 14.2 Å². The van der Waals surface area contributed by atoms with Crippen LogP contribution in [-0.4, -0.2) is 26.8 Å². The van der Waals surface area contributed by atoms with Gasteiger partial charge in [-0.1, -0.05) is 50.6 Å². The van der Waals surface area contributed by atoms with Gasteiger partial charge in [0.15, 0.2) is 5.16 Å². The van der Waals surface area contributed by atoms with Gasteiger partial charge in [-0.15, -0.1) is 0 Å². The first kappa shape index (κ1) is 20.9. The molecule has 1 N–H and O–H groups in total. The molecule has 0 radical (unpaired) electrons. The van der Waals surface area contributed by atoms with Crippen molar-refractivity contribution in [1.82, 2.24) is 14.9 Å². The molecule has 3 rings (SSSR count). The van der Waals surface area contributed by atoms with Crippen LogP contribution in [0.25, 0.3) is 10.9 Å². The molecule has 1 aliphatic rings. The standard InChI is InChI=1S/C22H31N3O2S/c1-14-9-8-12-18(15(14)2)25-20(27)16-10-6-7-11-17(16)23-21(25)28-13-19(26)24-22(3,4)5/h6-7,10-11,14-15,18H,8-9,12-13H2,1-5H3,(H,24,26)/t14-,15+,18-/m0/s1. The van der Waals surface area contributed by atoms with Crippen LogP contribution in [-0.2, 0) is 4.79 Å². The van der Waals surface area contributed by atoms with Crippen molar-refractivity contribution >= 4 is 28.6 Å². The number of para-hydroxylation sites is 1. The molecule has 2 aromatic rings. The Morgan fingerprint density at radius 1 is 1.25 bits per heavy atom. The molecule has 1 aliphatic carbocycles. The number of hydrogen-bond donors (Lipinski definition) is 1.